The standard InChI is InChI=1S/C19H28N4O3S/c1-8-14-13(4)27-18(17(14)19(25)26-7)20-16(24)10-22(5)9-15-11(2)21-23(6)12(15)3/h8-10H2,1-7H3,(H,20,24). The van der Waals surface area contributed by atoms with E-state index >= 15 is 0 Å². The molecule has 0 fully saturated rings. The van der Waals surface area contributed by atoms with Crippen LogP contribution in [0.15, 0.2) is 0 Å². The van der Waals surface area contributed by atoms with Gasteiger partial charge in [-0.05, 0) is 39.8 Å². The van der Waals surface area contributed by atoms with Crippen LogP contribution in [0.25, 0.3) is 0 Å². The minimum atomic E-state index is -0.415. The van der Waals surface area contributed by atoms with E-state index in [-0.39, 0.29) is 12.5 Å². The summed E-state index contributed by atoms with van der Waals surface area (Å²) in [6, 6.07) is 0. The fourth-order valence-electron chi connectivity index (χ4n) is 3.19. The van der Waals surface area contributed by atoms with Crippen molar-refractivity contribution in [1.82, 2.24) is 14.7 Å². The first kappa shape index (κ1) is 21.1. The van der Waals surface area contributed by atoms with E-state index in [4.69, 9.17) is 4.74 Å². The van der Waals surface area contributed by atoms with Crippen molar-refractivity contribution in [3.63, 3.8) is 0 Å². The summed E-state index contributed by atoms with van der Waals surface area (Å²) in [5.41, 5.74) is 4.59. The van der Waals surface area contributed by atoms with Crippen molar-refractivity contribution < 1.29 is 14.3 Å². The molecule has 2 rings (SSSR count). The van der Waals surface area contributed by atoms with E-state index < -0.39 is 5.97 Å². The number of aryl methyl sites for hydroxylation is 3. The van der Waals surface area contributed by atoms with Crippen molar-refractivity contribution >= 4 is 28.2 Å². The van der Waals surface area contributed by atoms with Crippen LogP contribution in [0.1, 0.15) is 44.7 Å². The summed E-state index contributed by atoms with van der Waals surface area (Å²) < 4.78 is 6.75. The predicted octanol–water partition coefficient (Wildman–Crippen LogP) is 2.83. The highest BCUT2D eigenvalue weighted by Crippen LogP contribution is 2.34. The molecular formula is C19H28N4O3S. The van der Waals surface area contributed by atoms with Gasteiger partial charge in [-0.25, -0.2) is 4.79 Å². The summed E-state index contributed by atoms with van der Waals surface area (Å²) in [7, 11) is 5.16. The second-order valence-corrected chi connectivity index (χ2v) is 7.90. The predicted molar refractivity (Wildman–Crippen MR) is 107 cm³/mol. The fourth-order valence-corrected chi connectivity index (χ4v) is 4.34. The number of ether oxygens (including phenoxy) is 1. The molecule has 2 aromatic heterocycles. The molecule has 1 amide bonds. The Kier molecular flexibility index (Phi) is 6.78. The van der Waals surface area contributed by atoms with Crippen molar-refractivity contribution in [2.24, 2.45) is 7.05 Å². The van der Waals surface area contributed by atoms with E-state index in [0.29, 0.717) is 23.5 Å². The number of nitrogens with one attached hydrogen (secondary N) is 1. The maximum Gasteiger partial charge on any atom is 0.341 e. The maximum atomic E-state index is 12.5. The van der Waals surface area contributed by atoms with Crippen LogP contribution in [0.4, 0.5) is 5.00 Å². The number of rotatable bonds is 7. The number of anilines is 1. The Morgan fingerprint density at radius 1 is 1.26 bits per heavy atom. The lowest BCUT2D eigenvalue weighted by atomic mass is 10.1. The Bertz CT molecular complexity index is 854. The summed E-state index contributed by atoms with van der Waals surface area (Å²) in [6.45, 7) is 8.77. The van der Waals surface area contributed by atoms with Crippen molar-refractivity contribution in [2.75, 3.05) is 26.0 Å². The first-order chi connectivity index (χ1) is 12.7. The van der Waals surface area contributed by atoms with E-state index in [1.165, 1.54) is 18.4 Å². The van der Waals surface area contributed by atoms with Gasteiger partial charge in [0.2, 0.25) is 5.91 Å². The highest BCUT2D eigenvalue weighted by Gasteiger charge is 2.23. The number of carbonyl (C=O) groups is 2. The Hall–Kier alpha value is -2.19. The van der Waals surface area contributed by atoms with Gasteiger partial charge in [-0.2, -0.15) is 5.10 Å². The second-order valence-electron chi connectivity index (χ2n) is 6.68. The number of aromatic nitrogens is 2. The number of hydrogen-bond donors (Lipinski definition) is 1. The van der Waals surface area contributed by atoms with E-state index in [2.05, 4.69) is 10.4 Å². The highest BCUT2D eigenvalue weighted by molar-refractivity contribution is 7.16. The van der Waals surface area contributed by atoms with Crippen molar-refractivity contribution in [3.05, 3.63) is 33.0 Å². The number of thiophene rings is 1. The normalized spacial score (nSPS) is 11.1. The lowest BCUT2D eigenvalue weighted by Crippen LogP contribution is -2.30. The van der Waals surface area contributed by atoms with Crippen LogP contribution in [-0.2, 0) is 29.5 Å². The molecule has 0 saturated heterocycles. The monoisotopic (exact) mass is 392 g/mol. The average molecular weight is 393 g/mol. The molecule has 0 saturated carbocycles. The van der Waals surface area contributed by atoms with Gasteiger partial charge in [0.25, 0.3) is 0 Å². The summed E-state index contributed by atoms with van der Waals surface area (Å²) in [4.78, 5) is 27.7. The second kappa shape index (κ2) is 8.67. The van der Waals surface area contributed by atoms with Crippen LogP contribution >= 0.6 is 11.3 Å². The van der Waals surface area contributed by atoms with Crippen molar-refractivity contribution in [2.45, 2.75) is 40.7 Å². The van der Waals surface area contributed by atoms with Crippen molar-refractivity contribution in [3.8, 4) is 0 Å². The van der Waals surface area contributed by atoms with Crippen LogP contribution in [0.3, 0.4) is 0 Å². The molecule has 0 aromatic carbocycles. The van der Waals surface area contributed by atoms with Gasteiger partial charge < -0.3 is 10.1 Å². The van der Waals surface area contributed by atoms with E-state index in [9.17, 15) is 9.59 Å². The molecule has 0 aliphatic rings. The number of methoxy groups -OCH3 is 1. The van der Waals surface area contributed by atoms with E-state index in [0.717, 1.165) is 27.4 Å². The van der Waals surface area contributed by atoms with Gasteiger partial charge in [0.1, 0.15) is 5.00 Å². The molecule has 2 heterocycles. The third-order valence-electron chi connectivity index (χ3n) is 4.71. The molecule has 0 aliphatic heterocycles. The van der Waals surface area contributed by atoms with Gasteiger partial charge in [0.15, 0.2) is 0 Å². The largest absolute Gasteiger partial charge is 0.465 e. The van der Waals surface area contributed by atoms with Gasteiger partial charge >= 0.3 is 5.97 Å². The van der Waals surface area contributed by atoms with Crippen LogP contribution in [0.5, 0.6) is 0 Å². The first-order valence-corrected chi connectivity index (χ1v) is 9.69. The Morgan fingerprint density at radius 2 is 1.93 bits per heavy atom. The molecule has 148 valence electrons. The van der Waals surface area contributed by atoms with Crippen LogP contribution in [0.2, 0.25) is 0 Å². The molecular weight excluding hydrogens is 364 g/mol. The van der Waals surface area contributed by atoms with Gasteiger partial charge in [-0.3, -0.25) is 14.4 Å². The topological polar surface area (TPSA) is 76.5 Å². The molecule has 0 radical (unpaired) electrons. The first-order valence-electron chi connectivity index (χ1n) is 8.87. The third-order valence-corrected chi connectivity index (χ3v) is 5.77. The average Bonchev–Trinajstić information content (AvgIpc) is 3.03. The molecule has 0 atom stereocenters. The summed E-state index contributed by atoms with van der Waals surface area (Å²) in [6.07, 6.45) is 0.710. The minimum Gasteiger partial charge on any atom is -0.465 e. The summed E-state index contributed by atoms with van der Waals surface area (Å²) >= 11 is 1.41. The molecule has 27 heavy (non-hydrogen) atoms. The molecule has 0 bridgehead atoms. The number of hydrogen-bond acceptors (Lipinski definition) is 6. The van der Waals surface area contributed by atoms with Crippen LogP contribution < -0.4 is 5.32 Å². The smallest absolute Gasteiger partial charge is 0.341 e. The Morgan fingerprint density at radius 3 is 2.44 bits per heavy atom. The Labute approximate surface area is 164 Å². The highest BCUT2D eigenvalue weighted by atomic mass is 32.1. The van der Waals surface area contributed by atoms with Gasteiger partial charge in [0, 0.05) is 29.7 Å². The minimum absolute atomic E-state index is 0.161. The fraction of sp³-hybridized carbons (Fsp3) is 0.526. The third kappa shape index (κ3) is 4.56. The SMILES string of the molecule is CCc1c(C)sc(NC(=O)CN(C)Cc2c(C)nn(C)c2C)c1C(=O)OC. The molecule has 8 heteroatoms. The molecule has 0 aliphatic carbocycles. The Balaban J connectivity index is 2.10. The van der Waals surface area contributed by atoms with Gasteiger partial charge in [-0.15, -0.1) is 11.3 Å². The quantitative estimate of drug-likeness (QED) is 0.733. The van der Waals surface area contributed by atoms with E-state index in [1.807, 2.05) is 51.4 Å². The van der Waals surface area contributed by atoms with Gasteiger partial charge in [-0.1, -0.05) is 6.92 Å². The number of nitrogens with zero attached hydrogens (tertiary/aromatic N) is 3. The molecule has 0 spiro atoms. The van der Waals surface area contributed by atoms with Crippen LogP contribution in [-0.4, -0.2) is 47.3 Å². The van der Waals surface area contributed by atoms with Crippen LogP contribution in [0, 0.1) is 20.8 Å². The molecule has 2 aromatic rings. The molecule has 0 unspecified atom stereocenters. The number of amides is 1. The summed E-state index contributed by atoms with van der Waals surface area (Å²) in [5, 5.41) is 7.86. The lowest BCUT2D eigenvalue weighted by Gasteiger charge is -2.16. The lowest BCUT2D eigenvalue weighted by molar-refractivity contribution is -0.117. The number of likely N-dealkylation sites (N-methyl/N-ethyl adjacent to an activating group) is 1. The molecule has 1 N–H and O–H groups in total. The number of esters is 1. The maximum absolute atomic E-state index is 12.5. The number of carbonyl (C=O) groups excluding carboxylic acids is 2. The van der Waals surface area contributed by atoms with Crippen molar-refractivity contribution in [1.29, 1.82) is 0 Å². The van der Waals surface area contributed by atoms with Gasteiger partial charge in [0.05, 0.1) is 24.9 Å². The van der Waals surface area contributed by atoms with E-state index in [1.54, 1.807) is 0 Å². The summed E-state index contributed by atoms with van der Waals surface area (Å²) in [5.74, 6) is -0.577. The molecule has 7 nitrogen and oxygen atoms in total. The zero-order valence-corrected chi connectivity index (χ0v) is 17.9. The zero-order valence-electron chi connectivity index (χ0n) is 17.1. The zero-order chi connectivity index (χ0) is 20.3.